The fourth-order valence-corrected chi connectivity index (χ4v) is 3.96. The molecule has 0 spiro atoms. The van der Waals surface area contributed by atoms with Gasteiger partial charge in [0.2, 0.25) is 11.8 Å². The normalized spacial score (nSPS) is 11.1. The fourth-order valence-electron chi connectivity index (χ4n) is 3.96. The average Bonchev–Trinajstić information content (AvgIpc) is 3.44. The van der Waals surface area contributed by atoms with Gasteiger partial charge < -0.3 is 19.4 Å². The summed E-state index contributed by atoms with van der Waals surface area (Å²) in [7, 11) is 0. The summed E-state index contributed by atoms with van der Waals surface area (Å²) in [6, 6.07) is 24.2. The number of benzene rings is 2. The first-order valence-electron chi connectivity index (χ1n) is 11.8. The van der Waals surface area contributed by atoms with Gasteiger partial charge in [0.05, 0.1) is 35.3 Å². The minimum absolute atomic E-state index is 0.698. The molecule has 0 aliphatic carbocycles. The highest BCUT2D eigenvalue weighted by Gasteiger charge is 2.07. The summed E-state index contributed by atoms with van der Waals surface area (Å²) in [5, 5.41) is 2.29. The van der Waals surface area contributed by atoms with Crippen LogP contribution in [0.25, 0.3) is 43.9 Å². The van der Waals surface area contributed by atoms with Gasteiger partial charge in [-0.15, -0.1) is 0 Å². The van der Waals surface area contributed by atoms with Gasteiger partial charge in [0.15, 0.2) is 0 Å². The van der Waals surface area contributed by atoms with E-state index in [1.807, 2.05) is 48.5 Å². The number of rotatable bonds is 6. The van der Waals surface area contributed by atoms with E-state index in [-0.39, 0.29) is 0 Å². The molecule has 6 heteroatoms. The third-order valence-electron chi connectivity index (χ3n) is 5.55. The third kappa shape index (κ3) is 4.39. The van der Waals surface area contributed by atoms with Crippen molar-refractivity contribution < 1.29 is 9.47 Å². The maximum Gasteiger partial charge on any atom is 0.213 e. The third-order valence-corrected chi connectivity index (χ3v) is 5.55. The summed E-state index contributed by atoms with van der Waals surface area (Å²) < 4.78 is 11.1. The van der Waals surface area contributed by atoms with Gasteiger partial charge in [-0.3, -0.25) is 0 Å². The maximum absolute atomic E-state index is 5.56. The average molecular weight is 453 g/mol. The van der Waals surface area contributed by atoms with Crippen molar-refractivity contribution in [3.05, 3.63) is 72.8 Å². The number of nitrogens with zero attached hydrogens (tertiary/aromatic N) is 2. The molecule has 0 atom stereocenters. The molecule has 6 rings (SSSR count). The second kappa shape index (κ2) is 9.83. The van der Waals surface area contributed by atoms with Gasteiger partial charge in [-0.25, -0.2) is 9.97 Å². The van der Waals surface area contributed by atoms with Gasteiger partial charge in [-0.1, -0.05) is 50.2 Å². The molecular formula is C28H28N4O2. The van der Waals surface area contributed by atoms with E-state index >= 15 is 0 Å². The molecular weight excluding hydrogens is 424 g/mol. The summed E-state index contributed by atoms with van der Waals surface area (Å²) >= 11 is 0. The highest BCUT2D eigenvalue weighted by Crippen LogP contribution is 2.26. The topological polar surface area (TPSA) is 75.8 Å². The number of fused-ring (bicyclic) bond motifs is 6. The van der Waals surface area contributed by atoms with E-state index in [0.29, 0.717) is 25.0 Å². The zero-order valence-electron chi connectivity index (χ0n) is 19.5. The number of aromatic nitrogens is 4. The van der Waals surface area contributed by atoms with E-state index in [1.165, 1.54) is 0 Å². The molecule has 34 heavy (non-hydrogen) atoms. The second-order valence-electron chi connectivity index (χ2n) is 8.13. The lowest BCUT2D eigenvalue weighted by atomic mass is 10.2. The molecule has 0 saturated carbocycles. The minimum atomic E-state index is 0.698. The van der Waals surface area contributed by atoms with Crippen LogP contribution < -0.4 is 9.47 Å². The lowest BCUT2D eigenvalue weighted by molar-refractivity contribution is 0.306. The van der Waals surface area contributed by atoms with Crippen LogP contribution in [-0.4, -0.2) is 33.1 Å². The second-order valence-corrected chi connectivity index (χ2v) is 8.13. The first-order chi connectivity index (χ1) is 16.8. The molecule has 172 valence electrons. The largest absolute Gasteiger partial charge is 0.478 e. The maximum atomic E-state index is 5.56. The SMILES string of the molecule is CCCOc1ccc2[nH]c3ccccc3c2n1.CCCOc1ccc2[nH]c3ccccc3c2n1. The molecule has 4 heterocycles. The molecule has 0 saturated heterocycles. The highest BCUT2D eigenvalue weighted by molar-refractivity contribution is 6.05. The van der Waals surface area contributed by atoms with Crippen LogP contribution in [0.5, 0.6) is 11.8 Å². The van der Waals surface area contributed by atoms with Crippen molar-refractivity contribution in [3.63, 3.8) is 0 Å². The zero-order chi connectivity index (χ0) is 23.3. The van der Waals surface area contributed by atoms with Crippen molar-refractivity contribution >= 4 is 43.9 Å². The first-order valence-corrected chi connectivity index (χ1v) is 11.8. The summed E-state index contributed by atoms with van der Waals surface area (Å²) in [4.78, 5) is 15.8. The molecule has 0 aliphatic heterocycles. The van der Waals surface area contributed by atoms with E-state index in [2.05, 4.69) is 58.0 Å². The molecule has 0 fully saturated rings. The van der Waals surface area contributed by atoms with E-state index in [4.69, 9.17) is 9.47 Å². The van der Waals surface area contributed by atoms with Crippen molar-refractivity contribution in [2.45, 2.75) is 26.7 Å². The summed E-state index contributed by atoms with van der Waals surface area (Å²) in [6.45, 7) is 5.59. The first kappa shape index (κ1) is 21.8. The Kier molecular flexibility index (Phi) is 6.29. The molecule has 4 aromatic heterocycles. The van der Waals surface area contributed by atoms with Gasteiger partial charge in [0, 0.05) is 33.9 Å². The minimum Gasteiger partial charge on any atom is -0.478 e. The number of hydrogen-bond donors (Lipinski definition) is 2. The lowest BCUT2D eigenvalue weighted by Crippen LogP contribution is -1.96. The van der Waals surface area contributed by atoms with Gasteiger partial charge in [-0.2, -0.15) is 0 Å². The van der Waals surface area contributed by atoms with Crippen LogP contribution >= 0.6 is 0 Å². The number of nitrogens with one attached hydrogen (secondary N) is 2. The van der Waals surface area contributed by atoms with Crippen LogP contribution in [0, 0.1) is 0 Å². The van der Waals surface area contributed by atoms with Crippen LogP contribution in [-0.2, 0) is 0 Å². The summed E-state index contributed by atoms with van der Waals surface area (Å²) in [5.41, 5.74) is 6.29. The van der Waals surface area contributed by atoms with Crippen LogP contribution in [0.3, 0.4) is 0 Å². The zero-order valence-corrected chi connectivity index (χ0v) is 19.5. The monoisotopic (exact) mass is 452 g/mol. The van der Waals surface area contributed by atoms with E-state index in [0.717, 1.165) is 56.7 Å². The smallest absolute Gasteiger partial charge is 0.213 e. The number of pyridine rings is 2. The Labute approximate surface area is 197 Å². The Morgan fingerprint density at radius 3 is 1.44 bits per heavy atom. The molecule has 6 nitrogen and oxygen atoms in total. The predicted octanol–water partition coefficient (Wildman–Crippen LogP) is 7.01. The highest BCUT2D eigenvalue weighted by atomic mass is 16.5. The fraction of sp³-hybridized carbons (Fsp3) is 0.214. The summed E-state index contributed by atoms with van der Waals surface area (Å²) in [5.74, 6) is 1.40. The van der Waals surface area contributed by atoms with Crippen LogP contribution in [0.15, 0.2) is 72.8 Å². The van der Waals surface area contributed by atoms with Gasteiger partial charge in [-0.05, 0) is 37.1 Å². The molecule has 2 N–H and O–H groups in total. The quantitative estimate of drug-likeness (QED) is 0.285. The molecule has 0 bridgehead atoms. The lowest BCUT2D eigenvalue weighted by Gasteiger charge is -2.02. The predicted molar refractivity (Wildman–Crippen MR) is 139 cm³/mol. The Morgan fingerprint density at radius 1 is 0.559 bits per heavy atom. The Morgan fingerprint density at radius 2 is 1.00 bits per heavy atom. The Hall–Kier alpha value is -4.06. The van der Waals surface area contributed by atoms with Crippen molar-refractivity contribution in [2.24, 2.45) is 0 Å². The van der Waals surface area contributed by atoms with Crippen molar-refractivity contribution in [2.75, 3.05) is 13.2 Å². The number of para-hydroxylation sites is 2. The van der Waals surface area contributed by atoms with E-state index in [1.54, 1.807) is 0 Å². The molecule has 0 radical (unpaired) electrons. The number of H-pyrrole nitrogens is 2. The molecule has 0 amide bonds. The summed E-state index contributed by atoms with van der Waals surface area (Å²) in [6.07, 6.45) is 1.99. The van der Waals surface area contributed by atoms with Crippen LogP contribution in [0.2, 0.25) is 0 Å². The molecule has 0 unspecified atom stereocenters. The standard InChI is InChI=1S/2C14H14N2O/c2*1-2-9-17-13-8-7-12-14(16-13)10-5-3-4-6-11(10)15-12/h2*3-8,15H,2,9H2,1H3. The van der Waals surface area contributed by atoms with Gasteiger partial charge in [0.25, 0.3) is 0 Å². The van der Waals surface area contributed by atoms with Crippen LogP contribution in [0.4, 0.5) is 0 Å². The van der Waals surface area contributed by atoms with Crippen molar-refractivity contribution in [3.8, 4) is 11.8 Å². The molecule has 0 aliphatic rings. The number of aromatic amines is 2. The Balaban J connectivity index is 0.000000142. The number of hydrogen-bond acceptors (Lipinski definition) is 4. The van der Waals surface area contributed by atoms with Gasteiger partial charge >= 0.3 is 0 Å². The molecule has 2 aromatic carbocycles. The van der Waals surface area contributed by atoms with Crippen molar-refractivity contribution in [1.29, 1.82) is 0 Å². The van der Waals surface area contributed by atoms with Crippen molar-refractivity contribution in [1.82, 2.24) is 19.9 Å². The number of ether oxygens (including phenoxy) is 2. The van der Waals surface area contributed by atoms with E-state index in [9.17, 15) is 0 Å². The van der Waals surface area contributed by atoms with Crippen LogP contribution in [0.1, 0.15) is 26.7 Å². The Bertz CT molecular complexity index is 1430. The molecule has 6 aromatic rings. The van der Waals surface area contributed by atoms with E-state index < -0.39 is 0 Å². The van der Waals surface area contributed by atoms with Gasteiger partial charge in [0.1, 0.15) is 0 Å².